The predicted octanol–water partition coefficient (Wildman–Crippen LogP) is 0.352. The second-order valence-corrected chi connectivity index (χ2v) is 8.92. The monoisotopic (exact) mass is 417 g/mol. The molecule has 1 aliphatic rings. The van der Waals surface area contributed by atoms with Gasteiger partial charge in [0.2, 0.25) is 11.9 Å². The molecule has 0 radical (unpaired) electrons. The number of aromatic nitrogens is 2. The highest BCUT2D eigenvalue weighted by Gasteiger charge is 2.29. The van der Waals surface area contributed by atoms with Crippen molar-refractivity contribution in [3.05, 3.63) is 16.9 Å². The van der Waals surface area contributed by atoms with Crippen LogP contribution in [0.1, 0.15) is 31.3 Å². The van der Waals surface area contributed by atoms with E-state index in [9.17, 15) is 18.0 Å². The first-order valence-corrected chi connectivity index (χ1v) is 11.0. The number of sulfone groups is 1. The first-order valence-electron chi connectivity index (χ1n) is 8.76. The summed E-state index contributed by atoms with van der Waals surface area (Å²) in [6.45, 7) is 7.03. The average Bonchev–Trinajstić information content (AvgIpc) is 2.63. The molecule has 150 valence electrons. The largest absolute Gasteiger partial charge is 0.341 e. The van der Waals surface area contributed by atoms with Gasteiger partial charge in [0, 0.05) is 26.2 Å². The van der Waals surface area contributed by atoms with E-state index in [4.69, 9.17) is 11.6 Å². The highest BCUT2D eigenvalue weighted by atomic mass is 35.5. The van der Waals surface area contributed by atoms with Crippen molar-refractivity contribution in [2.45, 2.75) is 26.8 Å². The Balaban J connectivity index is 2.07. The van der Waals surface area contributed by atoms with Crippen molar-refractivity contribution in [2.75, 3.05) is 42.6 Å². The molecule has 1 aromatic rings. The first-order chi connectivity index (χ1) is 12.7. The fraction of sp³-hybridized carbons (Fsp3) is 0.625. The molecule has 1 aliphatic heterocycles. The third kappa shape index (κ3) is 5.29. The number of carbonyl (C=O) groups excluding carboxylic acids is 2. The van der Waals surface area contributed by atoms with Gasteiger partial charge in [-0.05, 0) is 20.8 Å². The van der Waals surface area contributed by atoms with Gasteiger partial charge in [0.25, 0.3) is 5.91 Å². The van der Waals surface area contributed by atoms with Crippen LogP contribution in [0.3, 0.4) is 0 Å². The summed E-state index contributed by atoms with van der Waals surface area (Å²) in [5.74, 6) is -0.669. The number of hydrogen-bond donors (Lipinski definition) is 1. The van der Waals surface area contributed by atoms with Gasteiger partial charge in [0.1, 0.15) is 6.04 Å². The molecule has 1 saturated heterocycles. The van der Waals surface area contributed by atoms with Gasteiger partial charge in [-0.1, -0.05) is 11.6 Å². The van der Waals surface area contributed by atoms with Crippen LogP contribution in [0.2, 0.25) is 5.02 Å². The molecule has 27 heavy (non-hydrogen) atoms. The summed E-state index contributed by atoms with van der Waals surface area (Å²) in [6, 6.07) is -0.832. The standard InChI is InChI=1S/C16H24ClN5O4S/c1-4-21(5-2)16-18-10-12(17)13(20-16)14(23)19-11(3)15(24)22-6-8-27(25,26)9-7-22/h10-11H,4-9H2,1-3H3,(H,19,23). The third-order valence-electron chi connectivity index (χ3n) is 4.37. The quantitative estimate of drug-likeness (QED) is 0.710. The predicted molar refractivity (Wildman–Crippen MR) is 103 cm³/mol. The van der Waals surface area contributed by atoms with Gasteiger partial charge in [-0.2, -0.15) is 0 Å². The minimum Gasteiger partial charge on any atom is -0.341 e. The first kappa shape index (κ1) is 21.4. The normalized spacial score (nSPS) is 17.3. The second-order valence-electron chi connectivity index (χ2n) is 6.21. The Kier molecular flexibility index (Phi) is 6.99. The summed E-state index contributed by atoms with van der Waals surface area (Å²) in [5.41, 5.74) is -0.00515. The van der Waals surface area contributed by atoms with Crippen LogP contribution in [-0.4, -0.2) is 78.8 Å². The van der Waals surface area contributed by atoms with Gasteiger partial charge in [-0.25, -0.2) is 18.4 Å². The molecular formula is C16H24ClN5O4S. The van der Waals surface area contributed by atoms with Crippen molar-refractivity contribution in [3.8, 4) is 0 Å². The van der Waals surface area contributed by atoms with E-state index in [2.05, 4.69) is 15.3 Å². The van der Waals surface area contributed by atoms with Crippen LogP contribution in [0.15, 0.2) is 6.20 Å². The van der Waals surface area contributed by atoms with Gasteiger partial charge < -0.3 is 15.1 Å². The Labute approximate surface area is 164 Å². The van der Waals surface area contributed by atoms with E-state index in [0.29, 0.717) is 19.0 Å². The van der Waals surface area contributed by atoms with Crippen LogP contribution < -0.4 is 10.2 Å². The van der Waals surface area contributed by atoms with Crippen LogP contribution in [0.4, 0.5) is 5.95 Å². The molecule has 2 heterocycles. The van der Waals surface area contributed by atoms with Crippen molar-refractivity contribution in [1.29, 1.82) is 0 Å². The van der Waals surface area contributed by atoms with Crippen molar-refractivity contribution >= 4 is 39.2 Å². The van der Waals surface area contributed by atoms with Crippen LogP contribution in [-0.2, 0) is 14.6 Å². The molecule has 0 saturated carbocycles. The summed E-state index contributed by atoms with van der Waals surface area (Å²) >= 11 is 6.06. The molecule has 0 spiro atoms. The number of nitrogens with one attached hydrogen (secondary N) is 1. The van der Waals surface area contributed by atoms with Gasteiger partial charge >= 0.3 is 0 Å². The van der Waals surface area contributed by atoms with E-state index >= 15 is 0 Å². The van der Waals surface area contributed by atoms with Gasteiger partial charge in [0.05, 0.1) is 22.7 Å². The number of halogens is 1. The highest BCUT2D eigenvalue weighted by Crippen LogP contribution is 2.17. The highest BCUT2D eigenvalue weighted by molar-refractivity contribution is 7.91. The summed E-state index contributed by atoms with van der Waals surface area (Å²) < 4.78 is 23.0. The molecule has 1 fully saturated rings. The molecule has 1 aromatic heterocycles. The fourth-order valence-electron chi connectivity index (χ4n) is 2.71. The number of anilines is 1. The maximum absolute atomic E-state index is 12.5. The van der Waals surface area contributed by atoms with Crippen molar-refractivity contribution < 1.29 is 18.0 Å². The average molecular weight is 418 g/mol. The molecule has 1 unspecified atom stereocenters. The Morgan fingerprint density at radius 3 is 2.44 bits per heavy atom. The van der Waals surface area contributed by atoms with Crippen LogP contribution >= 0.6 is 11.6 Å². The zero-order valence-corrected chi connectivity index (χ0v) is 17.2. The van der Waals surface area contributed by atoms with E-state index in [0.717, 1.165) is 0 Å². The van der Waals surface area contributed by atoms with Crippen molar-refractivity contribution in [1.82, 2.24) is 20.2 Å². The van der Waals surface area contributed by atoms with Gasteiger partial charge in [0.15, 0.2) is 15.5 Å². The lowest BCUT2D eigenvalue weighted by atomic mass is 10.2. The maximum Gasteiger partial charge on any atom is 0.272 e. The van der Waals surface area contributed by atoms with E-state index < -0.39 is 21.8 Å². The minimum atomic E-state index is -3.08. The van der Waals surface area contributed by atoms with E-state index in [1.165, 1.54) is 11.1 Å². The summed E-state index contributed by atoms with van der Waals surface area (Å²) in [5, 5.41) is 2.67. The SMILES string of the molecule is CCN(CC)c1ncc(Cl)c(C(=O)NC(C)C(=O)N2CCS(=O)(=O)CC2)n1. The Bertz CT molecular complexity index is 799. The van der Waals surface area contributed by atoms with Crippen LogP contribution in [0, 0.1) is 0 Å². The summed E-state index contributed by atoms with van der Waals surface area (Å²) in [4.78, 5) is 36.7. The minimum absolute atomic E-state index is 0.00515. The number of rotatable bonds is 6. The lowest BCUT2D eigenvalue weighted by Crippen LogP contribution is -2.51. The molecular weight excluding hydrogens is 394 g/mol. The number of carbonyl (C=O) groups is 2. The molecule has 1 atom stereocenters. The topological polar surface area (TPSA) is 113 Å². The van der Waals surface area contributed by atoms with E-state index in [1.54, 1.807) is 6.92 Å². The van der Waals surface area contributed by atoms with E-state index in [1.807, 2.05) is 18.7 Å². The van der Waals surface area contributed by atoms with Crippen molar-refractivity contribution in [2.24, 2.45) is 0 Å². The number of nitrogens with zero attached hydrogens (tertiary/aromatic N) is 4. The second kappa shape index (κ2) is 8.83. The molecule has 11 heteroatoms. The molecule has 0 bridgehead atoms. The fourth-order valence-corrected chi connectivity index (χ4v) is 4.09. The smallest absolute Gasteiger partial charge is 0.272 e. The molecule has 0 aliphatic carbocycles. The van der Waals surface area contributed by atoms with Crippen LogP contribution in [0.5, 0.6) is 0 Å². The molecule has 2 amide bonds. The Hall–Kier alpha value is -1.94. The zero-order chi connectivity index (χ0) is 20.2. The van der Waals surface area contributed by atoms with Crippen molar-refractivity contribution in [3.63, 3.8) is 0 Å². The van der Waals surface area contributed by atoms with Gasteiger partial charge in [-0.15, -0.1) is 0 Å². The van der Waals surface area contributed by atoms with Gasteiger partial charge in [-0.3, -0.25) is 9.59 Å². The third-order valence-corrected chi connectivity index (χ3v) is 6.25. The Morgan fingerprint density at radius 2 is 1.89 bits per heavy atom. The Morgan fingerprint density at radius 1 is 1.30 bits per heavy atom. The summed E-state index contributed by atoms with van der Waals surface area (Å²) in [7, 11) is -3.08. The lowest BCUT2D eigenvalue weighted by Gasteiger charge is -2.29. The number of hydrogen-bond acceptors (Lipinski definition) is 7. The van der Waals surface area contributed by atoms with E-state index in [-0.39, 0.29) is 41.2 Å². The van der Waals surface area contributed by atoms with Crippen LogP contribution in [0.25, 0.3) is 0 Å². The molecule has 1 N–H and O–H groups in total. The lowest BCUT2D eigenvalue weighted by molar-refractivity contribution is -0.132. The number of amides is 2. The zero-order valence-electron chi connectivity index (χ0n) is 15.6. The molecule has 0 aromatic carbocycles. The summed E-state index contributed by atoms with van der Waals surface area (Å²) in [6.07, 6.45) is 1.36. The molecule has 9 nitrogen and oxygen atoms in total. The maximum atomic E-state index is 12.5. The molecule has 2 rings (SSSR count).